The first-order valence-corrected chi connectivity index (χ1v) is 12.5. The summed E-state index contributed by atoms with van der Waals surface area (Å²) in [6.45, 7) is 1.72. The third-order valence-corrected chi connectivity index (χ3v) is 7.97. The molecular formula is C26H28Cl3N3O2. The molecule has 3 aromatic rings. The lowest BCUT2D eigenvalue weighted by molar-refractivity contribution is 0.0769. The van der Waals surface area contributed by atoms with E-state index in [9.17, 15) is 4.79 Å². The van der Waals surface area contributed by atoms with Crippen molar-refractivity contribution in [1.29, 1.82) is 0 Å². The SMILES string of the molecule is Cc1onc(-c2c(Cl)cccc2Cl)c1C(=O)NC1CCC(Cc2ccccc2Cl)(N(C)C)CC1. The Morgan fingerprint density at radius 2 is 1.68 bits per heavy atom. The van der Waals surface area contributed by atoms with Gasteiger partial charge >= 0.3 is 0 Å². The minimum atomic E-state index is -0.224. The van der Waals surface area contributed by atoms with Crippen LogP contribution in [0.1, 0.15) is 47.4 Å². The molecule has 1 fully saturated rings. The van der Waals surface area contributed by atoms with Crippen molar-refractivity contribution in [3.8, 4) is 11.3 Å². The van der Waals surface area contributed by atoms with Crippen LogP contribution in [0, 0.1) is 6.92 Å². The average Bonchev–Trinajstić information content (AvgIpc) is 3.17. The summed E-state index contributed by atoms with van der Waals surface area (Å²) in [7, 11) is 4.24. The smallest absolute Gasteiger partial charge is 0.257 e. The van der Waals surface area contributed by atoms with Crippen LogP contribution in [0.25, 0.3) is 11.3 Å². The van der Waals surface area contributed by atoms with E-state index >= 15 is 0 Å². The Morgan fingerprint density at radius 3 is 2.29 bits per heavy atom. The summed E-state index contributed by atoms with van der Waals surface area (Å²) < 4.78 is 5.37. The van der Waals surface area contributed by atoms with Crippen molar-refractivity contribution >= 4 is 40.7 Å². The molecule has 34 heavy (non-hydrogen) atoms. The van der Waals surface area contributed by atoms with Gasteiger partial charge in [0.1, 0.15) is 17.0 Å². The number of halogens is 3. The van der Waals surface area contributed by atoms with Crippen LogP contribution in [0.2, 0.25) is 15.1 Å². The van der Waals surface area contributed by atoms with Crippen LogP contribution >= 0.6 is 34.8 Å². The first-order chi connectivity index (χ1) is 16.2. The Labute approximate surface area is 215 Å². The lowest BCUT2D eigenvalue weighted by Crippen LogP contribution is -2.52. The molecular weight excluding hydrogens is 493 g/mol. The van der Waals surface area contributed by atoms with Gasteiger partial charge in [-0.1, -0.05) is 64.2 Å². The van der Waals surface area contributed by atoms with Gasteiger partial charge in [-0.2, -0.15) is 0 Å². The number of nitrogens with one attached hydrogen (secondary N) is 1. The zero-order valence-electron chi connectivity index (χ0n) is 19.5. The molecule has 1 N–H and O–H groups in total. The number of benzene rings is 2. The number of carbonyl (C=O) groups excluding carboxylic acids is 1. The lowest BCUT2D eigenvalue weighted by Gasteiger charge is -2.45. The molecule has 1 aromatic heterocycles. The molecule has 0 unspecified atom stereocenters. The van der Waals surface area contributed by atoms with Gasteiger partial charge in [0.15, 0.2) is 0 Å². The highest BCUT2D eigenvalue weighted by atomic mass is 35.5. The highest BCUT2D eigenvalue weighted by Gasteiger charge is 2.38. The molecule has 0 bridgehead atoms. The number of nitrogens with zero attached hydrogens (tertiary/aromatic N) is 2. The summed E-state index contributed by atoms with van der Waals surface area (Å²) in [6, 6.07) is 13.3. The zero-order chi connectivity index (χ0) is 24.5. The molecule has 1 amide bonds. The van der Waals surface area contributed by atoms with E-state index in [-0.39, 0.29) is 17.5 Å². The van der Waals surface area contributed by atoms with Crippen molar-refractivity contribution in [3.63, 3.8) is 0 Å². The predicted octanol–water partition coefficient (Wildman–Crippen LogP) is 6.83. The van der Waals surface area contributed by atoms with E-state index in [1.807, 2.05) is 18.2 Å². The molecule has 2 aromatic carbocycles. The third kappa shape index (κ3) is 4.99. The molecule has 0 aliphatic heterocycles. The maximum absolute atomic E-state index is 13.3. The molecule has 1 aliphatic rings. The van der Waals surface area contributed by atoms with Gasteiger partial charge in [-0.05, 0) is 76.9 Å². The molecule has 0 saturated heterocycles. The van der Waals surface area contributed by atoms with Gasteiger partial charge in [0, 0.05) is 22.2 Å². The fourth-order valence-corrected chi connectivity index (χ4v) is 5.65. The summed E-state index contributed by atoms with van der Waals surface area (Å²) >= 11 is 19.2. The quantitative estimate of drug-likeness (QED) is 0.387. The van der Waals surface area contributed by atoms with Gasteiger partial charge in [0.25, 0.3) is 5.91 Å². The van der Waals surface area contributed by atoms with Crippen molar-refractivity contribution in [3.05, 3.63) is 74.4 Å². The Balaban J connectivity index is 1.49. The molecule has 5 nitrogen and oxygen atoms in total. The second kappa shape index (κ2) is 10.3. The van der Waals surface area contributed by atoms with Crippen molar-refractivity contribution in [2.75, 3.05) is 14.1 Å². The molecule has 0 spiro atoms. The van der Waals surface area contributed by atoms with Crippen molar-refractivity contribution in [1.82, 2.24) is 15.4 Å². The van der Waals surface area contributed by atoms with Gasteiger partial charge in [-0.3, -0.25) is 4.79 Å². The number of carbonyl (C=O) groups is 1. The Hall–Kier alpha value is -2.05. The first-order valence-electron chi connectivity index (χ1n) is 11.3. The average molecular weight is 521 g/mol. The first kappa shape index (κ1) is 25.1. The van der Waals surface area contributed by atoms with Gasteiger partial charge < -0.3 is 14.7 Å². The van der Waals surface area contributed by atoms with Gasteiger partial charge in [-0.25, -0.2) is 0 Å². The van der Waals surface area contributed by atoms with Crippen LogP contribution in [0.3, 0.4) is 0 Å². The summed E-state index contributed by atoms with van der Waals surface area (Å²) in [5.74, 6) is 0.207. The van der Waals surface area contributed by atoms with Crippen LogP contribution in [0.4, 0.5) is 0 Å². The Bertz CT molecular complexity index is 1160. The van der Waals surface area contributed by atoms with Gasteiger partial charge in [0.2, 0.25) is 0 Å². The zero-order valence-corrected chi connectivity index (χ0v) is 21.8. The normalized spacial score (nSPS) is 20.5. The summed E-state index contributed by atoms with van der Waals surface area (Å²) in [4.78, 5) is 15.6. The summed E-state index contributed by atoms with van der Waals surface area (Å²) in [5.41, 5.74) is 2.39. The largest absolute Gasteiger partial charge is 0.360 e. The number of likely N-dealkylation sites (N-methyl/N-ethyl adjacent to an activating group) is 1. The topological polar surface area (TPSA) is 58.4 Å². The van der Waals surface area contributed by atoms with Crippen molar-refractivity contribution < 1.29 is 9.32 Å². The highest BCUT2D eigenvalue weighted by molar-refractivity contribution is 6.39. The predicted molar refractivity (Wildman–Crippen MR) is 138 cm³/mol. The number of amides is 1. The number of aromatic nitrogens is 1. The Morgan fingerprint density at radius 1 is 1.06 bits per heavy atom. The van der Waals surface area contributed by atoms with Gasteiger partial charge in [-0.15, -0.1) is 0 Å². The maximum atomic E-state index is 13.3. The summed E-state index contributed by atoms with van der Waals surface area (Å²) in [5, 5.41) is 8.93. The van der Waals surface area contributed by atoms with Crippen LogP contribution in [0.15, 0.2) is 47.0 Å². The van der Waals surface area contributed by atoms with E-state index in [1.54, 1.807) is 25.1 Å². The van der Waals surface area contributed by atoms with Crippen LogP contribution in [-0.4, -0.2) is 41.6 Å². The van der Waals surface area contributed by atoms with E-state index in [1.165, 1.54) is 0 Å². The molecule has 1 saturated carbocycles. The number of hydrogen-bond donors (Lipinski definition) is 1. The monoisotopic (exact) mass is 519 g/mol. The van der Waals surface area contributed by atoms with Crippen molar-refractivity contribution in [2.45, 2.75) is 50.6 Å². The van der Waals surface area contributed by atoms with Crippen molar-refractivity contribution in [2.24, 2.45) is 0 Å². The number of aryl methyl sites for hydroxylation is 1. The third-order valence-electron chi connectivity index (χ3n) is 6.97. The maximum Gasteiger partial charge on any atom is 0.257 e. The molecule has 8 heteroatoms. The lowest BCUT2D eigenvalue weighted by atomic mass is 9.74. The molecule has 0 radical (unpaired) electrons. The van der Waals surface area contributed by atoms with Crippen LogP contribution < -0.4 is 5.32 Å². The van der Waals surface area contributed by atoms with E-state index in [4.69, 9.17) is 39.3 Å². The molecule has 1 heterocycles. The second-order valence-electron chi connectivity index (χ2n) is 9.19. The van der Waals surface area contributed by atoms with E-state index < -0.39 is 0 Å². The fraction of sp³-hybridized carbons (Fsp3) is 0.385. The second-order valence-corrected chi connectivity index (χ2v) is 10.4. The minimum absolute atomic E-state index is 0.00438. The molecule has 180 valence electrons. The number of hydrogen-bond acceptors (Lipinski definition) is 4. The number of rotatable bonds is 6. The fourth-order valence-electron chi connectivity index (χ4n) is 4.87. The molecule has 4 rings (SSSR count). The van der Waals surface area contributed by atoms with E-state index in [0.29, 0.717) is 32.6 Å². The molecule has 0 atom stereocenters. The van der Waals surface area contributed by atoms with E-state index in [0.717, 1.165) is 42.7 Å². The Kier molecular flexibility index (Phi) is 7.58. The van der Waals surface area contributed by atoms with E-state index in [2.05, 4.69) is 35.5 Å². The standard InChI is InChI=1S/C26H28Cl3N3O2/c1-16-22(24(31-34-16)23-20(28)9-6-10-21(23)29)25(33)30-18-11-13-26(14-12-18,32(2)3)15-17-7-4-5-8-19(17)27/h4-10,18H,11-15H2,1-3H3,(H,30,33). The molecule has 1 aliphatic carbocycles. The van der Waals surface area contributed by atoms with Crippen LogP contribution in [-0.2, 0) is 6.42 Å². The highest BCUT2D eigenvalue weighted by Crippen LogP contribution is 2.39. The van der Waals surface area contributed by atoms with Gasteiger partial charge in [0.05, 0.1) is 10.0 Å². The van der Waals surface area contributed by atoms with Crippen LogP contribution in [0.5, 0.6) is 0 Å². The minimum Gasteiger partial charge on any atom is -0.360 e. The summed E-state index contributed by atoms with van der Waals surface area (Å²) in [6.07, 6.45) is 4.49.